The van der Waals surface area contributed by atoms with Gasteiger partial charge < -0.3 is 0 Å². The van der Waals surface area contributed by atoms with Gasteiger partial charge in [-0.2, -0.15) is 5.10 Å². The van der Waals surface area contributed by atoms with E-state index < -0.39 is 0 Å². The minimum absolute atomic E-state index is 0.292. The van der Waals surface area contributed by atoms with Gasteiger partial charge in [-0.05, 0) is 24.6 Å². The Morgan fingerprint density at radius 1 is 1.14 bits per heavy atom. The smallest absolute Gasteiger partial charge is 0.262 e. The maximum atomic E-state index is 12.8. The van der Waals surface area contributed by atoms with Crippen LogP contribution in [0.15, 0.2) is 54.0 Å². The van der Waals surface area contributed by atoms with E-state index in [9.17, 15) is 4.79 Å². The van der Waals surface area contributed by atoms with Gasteiger partial charge in [-0.15, -0.1) is 11.3 Å². The number of carbonyl (C=O) groups excluding carboxylic acids is 1. The van der Waals surface area contributed by atoms with Gasteiger partial charge in [0.15, 0.2) is 5.13 Å². The van der Waals surface area contributed by atoms with Crippen molar-refractivity contribution in [2.45, 2.75) is 13.5 Å². The Morgan fingerprint density at radius 3 is 2.66 bits per heavy atom. The molecule has 0 atom stereocenters. The lowest BCUT2D eigenvalue weighted by Gasteiger charge is -2.04. The topological polar surface area (TPSA) is 72.7 Å². The largest absolute Gasteiger partial charge is 0.298 e. The average molecular weight is 444 g/mol. The molecule has 4 rings (SSSR count). The molecule has 0 aliphatic rings. The molecule has 0 radical (unpaired) electrons. The zero-order valence-corrected chi connectivity index (χ0v) is 17.6. The van der Waals surface area contributed by atoms with E-state index in [0.717, 1.165) is 5.56 Å². The summed E-state index contributed by atoms with van der Waals surface area (Å²) in [7, 11) is 0. The lowest BCUT2D eigenvalue weighted by atomic mass is 10.2. The van der Waals surface area contributed by atoms with Crippen molar-refractivity contribution in [2.24, 2.45) is 0 Å². The first-order valence-corrected chi connectivity index (χ1v) is 10.3. The molecule has 1 aromatic carbocycles. The molecule has 0 saturated carbocycles. The Bertz CT molecular complexity index is 1160. The first-order chi connectivity index (χ1) is 14.0. The van der Waals surface area contributed by atoms with Gasteiger partial charge in [-0.25, -0.2) is 9.67 Å². The van der Waals surface area contributed by atoms with E-state index in [4.69, 9.17) is 23.2 Å². The molecule has 146 valence electrons. The molecule has 4 aromatic rings. The highest BCUT2D eigenvalue weighted by Crippen LogP contribution is 2.26. The summed E-state index contributed by atoms with van der Waals surface area (Å²) in [5.41, 5.74) is 3.27. The van der Waals surface area contributed by atoms with Crippen LogP contribution in [0, 0.1) is 6.92 Å². The van der Waals surface area contributed by atoms with Crippen LogP contribution in [-0.2, 0) is 6.54 Å². The fourth-order valence-electron chi connectivity index (χ4n) is 2.81. The molecule has 29 heavy (non-hydrogen) atoms. The number of nitrogens with zero attached hydrogens (tertiary/aromatic N) is 4. The third kappa shape index (κ3) is 4.32. The van der Waals surface area contributed by atoms with Crippen LogP contribution in [0.25, 0.3) is 11.4 Å². The Labute approximate surface area is 181 Å². The van der Waals surface area contributed by atoms with E-state index >= 15 is 0 Å². The highest BCUT2D eigenvalue weighted by atomic mass is 35.5. The van der Waals surface area contributed by atoms with Crippen molar-refractivity contribution in [3.63, 3.8) is 0 Å². The first kappa shape index (κ1) is 19.6. The molecule has 0 saturated heterocycles. The fourth-order valence-corrected chi connectivity index (χ4v) is 3.94. The third-order valence-electron chi connectivity index (χ3n) is 4.18. The number of amides is 1. The quantitative estimate of drug-likeness (QED) is 0.452. The summed E-state index contributed by atoms with van der Waals surface area (Å²) < 4.78 is 1.62. The zero-order valence-electron chi connectivity index (χ0n) is 15.3. The Hall–Kier alpha value is -2.74. The number of benzene rings is 1. The number of nitrogens with one attached hydrogen (secondary N) is 1. The van der Waals surface area contributed by atoms with Gasteiger partial charge in [0, 0.05) is 11.6 Å². The summed E-state index contributed by atoms with van der Waals surface area (Å²) in [5, 5.41) is 10.3. The number of hydrogen-bond donors (Lipinski definition) is 1. The van der Waals surface area contributed by atoms with Crippen molar-refractivity contribution in [1.29, 1.82) is 0 Å². The van der Waals surface area contributed by atoms with Gasteiger partial charge >= 0.3 is 0 Å². The fraction of sp³-hybridized carbons (Fsp3) is 0.100. The van der Waals surface area contributed by atoms with E-state index in [2.05, 4.69) is 20.4 Å². The SMILES string of the molecule is Cc1nn(Cc2ccccc2)c(Cl)c1C(=O)Nc1nc(-c2ccc(Cl)cn2)cs1. The van der Waals surface area contributed by atoms with Crippen molar-refractivity contribution in [2.75, 3.05) is 5.32 Å². The summed E-state index contributed by atoms with van der Waals surface area (Å²) >= 11 is 13.6. The molecule has 0 bridgehead atoms. The maximum absolute atomic E-state index is 12.8. The van der Waals surface area contributed by atoms with Crippen molar-refractivity contribution >= 4 is 45.6 Å². The van der Waals surface area contributed by atoms with Crippen LogP contribution in [-0.4, -0.2) is 25.7 Å². The second-order valence-corrected chi connectivity index (χ2v) is 7.90. The van der Waals surface area contributed by atoms with E-state index in [1.54, 1.807) is 29.9 Å². The molecule has 0 spiro atoms. The second kappa shape index (κ2) is 8.32. The molecule has 6 nitrogen and oxygen atoms in total. The monoisotopic (exact) mass is 443 g/mol. The summed E-state index contributed by atoms with van der Waals surface area (Å²) in [6.45, 7) is 2.24. The molecule has 0 fully saturated rings. The molecular formula is C20H15Cl2N5OS. The lowest BCUT2D eigenvalue weighted by Crippen LogP contribution is -2.13. The molecule has 3 aromatic heterocycles. The molecular weight excluding hydrogens is 429 g/mol. The van der Waals surface area contributed by atoms with E-state index in [1.807, 2.05) is 35.7 Å². The van der Waals surface area contributed by atoms with Crippen LogP contribution in [0.5, 0.6) is 0 Å². The molecule has 1 amide bonds. The molecule has 3 heterocycles. The van der Waals surface area contributed by atoms with Gasteiger partial charge in [-0.1, -0.05) is 53.5 Å². The summed E-state index contributed by atoms with van der Waals surface area (Å²) in [4.78, 5) is 21.5. The number of hydrogen-bond acceptors (Lipinski definition) is 5. The predicted octanol–water partition coefficient (Wildman–Crippen LogP) is 5.32. The van der Waals surface area contributed by atoms with E-state index in [1.165, 1.54) is 11.3 Å². The Balaban J connectivity index is 1.52. The van der Waals surface area contributed by atoms with Crippen LogP contribution in [0.3, 0.4) is 0 Å². The number of aromatic nitrogens is 4. The predicted molar refractivity (Wildman–Crippen MR) is 116 cm³/mol. The number of rotatable bonds is 5. The van der Waals surface area contributed by atoms with Crippen molar-refractivity contribution < 1.29 is 4.79 Å². The standard InChI is InChI=1S/C20H15Cl2N5OS/c1-12-17(18(22)27(26-12)10-13-5-3-2-4-6-13)19(28)25-20-24-16(11-29-20)15-8-7-14(21)9-23-15/h2-9,11H,10H2,1H3,(H,24,25,28). The molecule has 1 N–H and O–H groups in total. The normalized spacial score (nSPS) is 10.9. The van der Waals surface area contributed by atoms with Gasteiger partial charge in [0.05, 0.1) is 28.5 Å². The minimum atomic E-state index is -0.350. The van der Waals surface area contributed by atoms with Crippen LogP contribution >= 0.6 is 34.5 Å². The summed E-state index contributed by atoms with van der Waals surface area (Å²) in [6.07, 6.45) is 1.55. The van der Waals surface area contributed by atoms with Gasteiger partial charge in [0.1, 0.15) is 10.8 Å². The van der Waals surface area contributed by atoms with Crippen molar-refractivity contribution in [3.05, 3.63) is 81.0 Å². The van der Waals surface area contributed by atoms with Crippen molar-refractivity contribution in [3.8, 4) is 11.4 Å². The zero-order chi connectivity index (χ0) is 20.4. The lowest BCUT2D eigenvalue weighted by molar-refractivity contribution is 0.102. The van der Waals surface area contributed by atoms with E-state index in [0.29, 0.717) is 44.5 Å². The number of pyridine rings is 1. The summed E-state index contributed by atoms with van der Waals surface area (Å²) in [6, 6.07) is 13.3. The number of halogens is 2. The third-order valence-corrected chi connectivity index (χ3v) is 5.55. The van der Waals surface area contributed by atoms with Crippen molar-refractivity contribution in [1.82, 2.24) is 19.7 Å². The van der Waals surface area contributed by atoms with Gasteiger partial charge in [0.25, 0.3) is 5.91 Å². The van der Waals surface area contributed by atoms with Crippen LogP contribution in [0.1, 0.15) is 21.6 Å². The Morgan fingerprint density at radius 2 is 1.93 bits per heavy atom. The minimum Gasteiger partial charge on any atom is -0.298 e. The molecule has 0 unspecified atom stereocenters. The van der Waals surface area contributed by atoms with Crippen LogP contribution < -0.4 is 5.32 Å². The van der Waals surface area contributed by atoms with Gasteiger partial charge in [0.2, 0.25) is 0 Å². The van der Waals surface area contributed by atoms with Crippen LogP contribution in [0.4, 0.5) is 5.13 Å². The van der Waals surface area contributed by atoms with Gasteiger partial charge in [-0.3, -0.25) is 15.1 Å². The average Bonchev–Trinajstić information content (AvgIpc) is 3.27. The highest BCUT2D eigenvalue weighted by molar-refractivity contribution is 7.14. The Kier molecular flexibility index (Phi) is 5.62. The van der Waals surface area contributed by atoms with E-state index in [-0.39, 0.29) is 5.91 Å². The number of carbonyl (C=O) groups is 1. The highest BCUT2D eigenvalue weighted by Gasteiger charge is 2.21. The number of anilines is 1. The molecule has 0 aliphatic heterocycles. The number of thiazole rings is 1. The second-order valence-electron chi connectivity index (χ2n) is 6.25. The number of aryl methyl sites for hydroxylation is 1. The molecule has 0 aliphatic carbocycles. The first-order valence-electron chi connectivity index (χ1n) is 8.67. The molecule has 9 heteroatoms. The maximum Gasteiger partial charge on any atom is 0.262 e. The van der Waals surface area contributed by atoms with Crippen LogP contribution in [0.2, 0.25) is 10.2 Å². The summed E-state index contributed by atoms with van der Waals surface area (Å²) in [5.74, 6) is -0.350.